The van der Waals surface area contributed by atoms with Gasteiger partial charge in [-0.25, -0.2) is 9.18 Å². The summed E-state index contributed by atoms with van der Waals surface area (Å²) in [4.78, 5) is 30.1. The van der Waals surface area contributed by atoms with Gasteiger partial charge in [0.1, 0.15) is 29.2 Å². The molecule has 4 aromatic carbocycles. The topological polar surface area (TPSA) is 103 Å². The van der Waals surface area contributed by atoms with Crippen LogP contribution in [0.1, 0.15) is 25.0 Å². The van der Waals surface area contributed by atoms with Crippen LogP contribution < -0.4 is 20.1 Å². The van der Waals surface area contributed by atoms with Crippen LogP contribution in [0.15, 0.2) is 97.1 Å². The third-order valence-electron chi connectivity index (χ3n) is 8.12. The molecule has 0 bridgehead atoms. The monoisotopic (exact) mass is 640 g/mol. The molecule has 5 rings (SSSR count). The van der Waals surface area contributed by atoms with Crippen LogP contribution in [0.25, 0.3) is 0 Å². The van der Waals surface area contributed by atoms with Crippen LogP contribution in [0.5, 0.6) is 17.2 Å². The van der Waals surface area contributed by atoms with Crippen molar-refractivity contribution >= 4 is 23.3 Å². The van der Waals surface area contributed by atoms with Crippen LogP contribution in [0, 0.1) is 11.7 Å². The molecule has 0 fully saturated rings. The Balaban J connectivity index is 1.30. The Hall–Kier alpha value is -4.93. The van der Waals surface area contributed by atoms with Crippen LogP contribution in [0.2, 0.25) is 0 Å². The lowest BCUT2D eigenvalue weighted by atomic mass is 10.0. The number of ether oxygens (including phenoxy) is 2. The first-order chi connectivity index (χ1) is 22.7. The van der Waals surface area contributed by atoms with Gasteiger partial charge in [0.15, 0.2) is 0 Å². The van der Waals surface area contributed by atoms with E-state index in [9.17, 15) is 19.1 Å². The Morgan fingerprint density at radius 3 is 2.36 bits per heavy atom. The molecule has 0 aromatic heterocycles. The van der Waals surface area contributed by atoms with Crippen molar-refractivity contribution in [3.8, 4) is 17.2 Å². The minimum absolute atomic E-state index is 0.0431. The number of hydrogen-bond donors (Lipinski definition) is 3. The van der Waals surface area contributed by atoms with E-state index in [4.69, 9.17) is 9.47 Å². The van der Waals surface area contributed by atoms with Gasteiger partial charge in [-0.05, 0) is 86.3 Å². The maximum absolute atomic E-state index is 13.6. The number of carbonyl (C=O) groups excluding carboxylic acids is 2. The largest absolute Gasteiger partial charge is 0.488 e. The number of aliphatic hydroxyl groups excluding tert-OH is 1. The molecule has 1 aliphatic rings. The number of para-hydroxylation sites is 1. The lowest BCUT2D eigenvalue weighted by Crippen LogP contribution is -2.47. The average Bonchev–Trinajstić information content (AvgIpc) is 3.10. The number of aliphatic hydroxyl groups is 1. The Morgan fingerprint density at radius 1 is 1.00 bits per heavy atom. The molecule has 3 atom stereocenters. The van der Waals surface area contributed by atoms with Crippen LogP contribution in [-0.2, 0) is 17.8 Å². The van der Waals surface area contributed by atoms with Crippen molar-refractivity contribution in [2.45, 2.75) is 39.0 Å². The molecular weight excluding hydrogens is 599 g/mol. The normalized spacial score (nSPS) is 17.1. The minimum atomic E-state index is -0.504. The summed E-state index contributed by atoms with van der Waals surface area (Å²) in [6.45, 7) is 5.40. The van der Waals surface area contributed by atoms with Crippen molar-refractivity contribution in [3.05, 3.63) is 114 Å². The van der Waals surface area contributed by atoms with E-state index < -0.39 is 11.8 Å². The minimum Gasteiger partial charge on any atom is -0.488 e. The Bertz CT molecular complexity index is 1640. The molecule has 3 N–H and O–H groups in total. The number of fused-ring (bicyclic) bond motifs is 1. The fourth-order valence-corrected chi connectivity index (χ4v) is 5.52. The fourth-order valence-electron chi connectivity index (χ4n) is 5.52. The van der Waals surface area contributed by atoms with Gasteiger partial charge in [0.2, 0.25) is 5.91 Å². The summed E-state index contributed by atoms with van der Waals surface area (Å²) in [5, 5.41) is 15.4. The summed E-state index contributed by atoms with van der Waals surface area (Å²) >= 11 is 0. The first-order valence-corrected chi connectivity index (χ1v) is 15.7. The van der Waals surface area contributed by atoms with E-state index in [0.29, 0.717) is 42.3 Å². The molecule has 9 nitrogen and oxygen atoms in total. The number of carbonyl (C=O) groups is 2. The van der Waals surface area contributed by atoms with E-state index in [2.05, 4.69) is 22.5 Å². The predicted molar refractivity (Wildman–Crippen MR) is 180 cm³/mol. The van der Waals surface area contributed by atoms with Crippen LogP contribution in [0.4, 0.5) is 20.6 Å². The zero-order chi connectivity index (χ0) is 33.3. The molecule has 0 saturated carbocycles. The molecule has 10 heteroatoms. The second-order valence-corrected chi connectivity index (χ2v) is 12.1. The third-order valence-corrected chi connectivity index (χ3v) is 8.12. The zero-order valence-electron chi connectivity index (χ0n) is 26.9. The number of anilines is 2. The van der Waals surface area contributed by atoms with E-state index in [1.54, 1.807) is 23.1 Å². The lowest BCUT2D eigenvalue weighted by molar-refractivity contribution is -0.134. The molecule has 0 aliphatic carbocycles. The summed E-state index contributed by atoms with van der Waals surface area (Å²) < 4.78 is 25.8. The van der Waals surface area contributed by atoms with Gasteiger partial charge in [0.05, 0.1) is 19.1 Å². The van der Waals surface area contributed by atoms with Crippen molar-refractivity contribution < 1.29 is 28.6 Å². The first-order valence-electron chi connectivity index (χ1n) is 15.7. The summed E-state index contributed by atoms with van der Waals surface area (Å²) in [5.74, 6) is 1.52. The van der Waals surface area contributed by atoms with Crippen molar-refractivity contribution in [2.75, 3.05) is 37.4 Å². The summed E-state index contributed by atoms with van der Waals surface area (Å²) in [5.41, 5.74) is 2.66. The van der Waals surface area contributed by atoms with Gasteiger partial charge in [0.25, 0.3) is 0 Å². The van der Waals surface area contributed by atoms with Gasteiger partial charge < -0.3 is 30.1 Å². The SMILES string of the molecule is C[C@@H]1CN([C@H](C)CO)C(=O)Cc2cc(NC(=O)Nc3ccc(F)cc3)ccc2O[C@@H]1CN(C)Cc1ccc(Oc2ccccc2)cc1. The van der Waals surface area contributed by atoms with Gasteiger partial charge >= 0.3 is 6.03 Å². The number of hydrogen-bond acceptors (Lipinski definition) is 6. The molecule has 47 heavy (non-hydrogen) atoms. The van der Waals surface area contributed by atoms with Crippen LogP contribution in [0.3, 0.4) is 0 Å². The molecule has 0 radical (unpaired) electrons. The van der Waals surface area contributed by atoms with E-state index in [1.807, 2.05) is 68.6 Å². The quantitative estimate of drug-likeness (QED) is 0.182. The first kappa shape index (κ1) is 33.4. The van der Waals surface area contributed by atoms with Gasteiger partial charge in [-0.1, -0.05) is 37.3 Å². The van der Waals surface area contributed by atoms with Crippen molar-refractivity contribution in [2.24, 2.45) is 5.92 Å². The Morgan fingerprint density at radius 2 is 1.66 bits per heavy atom. The molecule has 0 spiro atoms. The van der Waals surface area contributed by atoms with Crippen molar-refractivity contribution in [1.29, 1.82) is 0 Å². The predicted octanol–water partition coefficient (Wildman–Crippen LogP) is 6.54. The van der Waals surface area contributed by atoms with E-state index >= 15 is 0 Å². The summed E-state index contributed by atoms with van der Waals surface area (Å²) in [7, 11) is 2.03. The Labute approximate surface area is 274 Å². The maximum atomic E-state index is 13.6. The molecular formula is C37H41FN4O5. The maximum Gasteiger partial charge on any atom is 0.323 e. The smallest absolute Gasteiger partial charge is 0.323 e. The van der Waals surface area contributed by atoms with Gasteiger partial charge in [0, 0.05) is 42.5 Å². The number of nitrogens with one attached hydrogen (secondary N) is 2. The Kier molecular flexibility index (Phi) is 11.1. The molecule has 1 aliphatic heterocycles. The molecule has 0 unspecified atom stereocenters. The highest BCUT2D eigenvalue weighted by molar-refractivity contribution is 6.00. The van der Waals surface area contributed by atoms with Crippen LogP contribution in [-0.4, -0.2) is 65.7 Å². The number of urea groups is 1. The third kappa shape index (κ3) is 9.31. The summed E-state index contributed by atoms with van der Waals surface area (Å²) in [6.07, 6.45) is -0.235. The highest BCUT2D eigenvalue weighted by atomic mass is 19.1. The number of likely N-dealkylation sites (N-methyl/N-ethyl adjacent to an activating group) is 1. The van der Waals surface area contributed by atoms with Crippen LogP contribution >= 0.6 is 0 Å². The molecule has 3 amide bonds. The molecule has 246 valence electrons. The number of rotatable bonds is 10. The lowest BCUT2D eigenvalue weighted by Gasteiger charge is -2.34. The zero-order valence-corrected chi connectivity index (χ0v) is 26.9. The number of amides is 3. The number of halogens is 1. The second-order valence-electron chi connectivity index (χ2n) is 12.1. The number of benzene rings is 4. The standard InChI is InChI=1S/C37H41FN4O5/c1-25-21-42(26(2)24-43)36(44)20-28-19-31(40-37(45)39-30-13-11-29(38)12-14-30)15-18-34(28)47-35(25)23-41(3)22-27-9-16-33(17-10-27)46-32-7-5-4-6-8-32/h4-19,25-26,35,43H,20-24H2,1-3H3,(H2,39,40,45)/t25-,26-,35-/m1/s1. The number of nitrogens with zero attached hydrogens (tertiary/aromatic N) is 2. The van der Waals surface area contributed by atoms with Gasteiger partial charge in [-0.3, -0.25) is 9.69 Å². The highest BCUT2D eigenvalue weighted by Crippen LogP contribution is 2.30. The van der Waals surface area contributed by atoms with Crippen molar-refractivity contribution in [1.82, 2.24) is 9.80 Å². The van der Waals surface area contributed by atoms with E-state index in [0.717, 1.165) is 17.1 Å². The fraction of sp³-hybridized carbons (Fsp3) is 0.297. The van der Waals surface area contributed by atoms with Crippen molar-refractivity contribution in [3.63, 3.8) is 0 Å². The molecule has 1 heterocycles. The van der Waals surface area contributed by atoms with E-state index in [-0.39, 0.29) is 37.0 Å². The molecule has 4 aromatic rings. The molecule has 0 saturated heterocycles. The van der Waals surface area contributed by atoms with Gasteiger partial charge in [-0.2, -0.15) is 0 Å². The second kappa shape index (κ2) is 15.6. The van der Waals surface area contributed by atoms with E-state index in [1.165, 1.54) is 24.3 Å². The highest BCUT2D eigenvalue weighted by Gasteiger charge is 2.31. The van der Waals surface area contributed by atoms with Gasteiger partial charge in [-0.15, -0.1) is 0 Å². The summed E-state index contributed by atoms with van der Waals surface area (Å²) in [6, 6.07) is 27.5. The average molecular weight is 641 g/mol.